The highest BCUT2D eigenvalue weighted by atomic mass is 19.1. The summed E-state index contributed by atoms with van der Waals surface area (Å²) >= 11 is 0. The van der Waals surface area contributed by atoms with Crippen molar-refractivity contribution in [1.82, 2.24) is 0 Å². The van der Waals surface area contributed by atoms with E-state index in [2.05, 4.69) is 0 Å². The van der Waals surface area contributed by atoms with Crippen molar-refractivity contribution in [3.8, 4) is 5.75 Å². The number of benzene rings is 1. The van der Waals surface area contributed by atoms with Crippen LogP contribution in [0.25, 0.3) is 0 Å². The van der Waals surface area contributed by atoms with Crippen LogP contribution in [0, 0.1) is 5.82 Å². The van der Waals surface area contributed by atoms with Crippen molar-refractivity contribution in [3.63, 3.8) is 0 Å². The van der Waals surface area contributed by atoms with Gasteiger partial charge in [0, 0.05) is 11.6 Å². The summed E-state index contributed by atoms with van der Waals surface area (Å²) in [6.07, 6.45) is -0.277. The zero-order valence-electron chi connectivity index (χ0n) is 7.61. The molecular formula is C10H12FNO2. The molecule has 1 heterocycles. The van der Waals surface area contributed by atoms with Gasteiger partial charge < -0.3 is 15.6 Å². The lowest BCUT2D eigenvalue weighted by Gasteiger charge is -2.15. The monoisotopic (exact) mass is 197 g/mol. The van der Waals surface area contributed by atoms with E-state index in [9.17, 15) is 9.50 Å². The molecule has 0 spiro atoms. The molecule has 0 bridgehead atoms. The maximum atomic E-state index is 12.9. The number of hydrogen-bond donors (Lipinski definition) is 2. The van der Waals surface area contributed by atoms with Crippen molar-refractivity contribution >= 4 is 0 Å². The van der Waals surface area contributed by atoms with Gasteiger partial charge in [0.15, 0.2) is 0 Å². The molecule has 76 valence electrons. The molecule has 0 saturated heterocycles. The van der Waals surface area contributed by atoms with Crippen LogP contribution in [0.5, 0.6) is 5.75 Å². The molecule has 1 aromatic carbocycles. The van der Waals surface area contributed by atoms with E-state index in [4.69, 9.17) is 10.5 Å². The molecule has 1 aliphatic rings. The van der Waals surface area contributed by atoms with E-state index in [1.165, 1.54) is 18.2 Å². The van der Waals surface area contributed by atoms with Crippen molar-refractivity contribution in [1.29, 1.82) is 0 Å². The minimum atomic E-state index is -0.844. The fraction of sp³-hybridized carbons (Fsp3) is 0.400. The summed E-state index contributed by atoms with van der Waals surface area (Å²) in [7, 11) is 0. The lowest BCUT2D eigenvalue weighted by molar-refractivity contribution is 0.144. The number of fused-ring (bicyclic) bond motifs is 1. The Morgan fingerprint density at radius 1 is 1.50 bits per heavy atom. The SMILES string of the molecule is N[C@@H]1CCOc2ccc(F)cc2[C@@H]1O. The first kappa shape index (κ1) is 9.43. The molecule has 0 aromatic heterocycles. The van der Waals surface area contributed by atoms with Crippen molar-refractivity contribution in [2.75, 3.05) is 6.61 Å². The fourth-order valence-electron chi connectivity index (χ4n) is 1.58. The third-order valence-electron chi connectivity index (χ3n) is 2.40. The molecule has 0 fully saturated rings. The zero-order chi connectivity index (χ0) is 10.1. The molecule has 1 aliphatic heterocycles. The van der Waals surface area contributed by atoms with Crippen molar-refractivity contribution in [3.05, 3.63) is 29.6 Å². The summed E-state index contributed by atoms with van der Waals surface area (Å²) in [5.74, 6) is 0.132. The molecule has 3 N–H and O–H groups in total. The van der Waals surface area contributed by atoms with Crippen molar-refractivity contribution < 1.29 is 14.2 Å². The molecule has 2 atom stereocenters. The van der Waals surface area contributed by atoms with Gasteiger partial charge in [-0.05, 0) is 24.6 Å². The van der Waals surface area contributed by atoms with Crippen LogP contribution < -0.4 is 10.5 Å². The molecule has 0 saturated carbocycles. The van der Waals surface area contributed by atoms with Gasteiger partial charge in [0.25, 0.3) is 0 Å². The Kier molecular flexibility index (Phi) is 2.39. The Morgan fingerprint density at radius 2 is 2.29 bits per heavy atom. The molecule has 0 aliphatic carbocycles. The largest absolute Gasteiger partial charge is 0.493 e. The highest BCUT2D eigenvalue weighted by Crippen LogP contribution is 2.31. The number of hydrogen-bond acceptors (Lipinski definition) is 3. The smallest absolute Gasteiger partial charge is 0.125 e. The van der Waals surface area contributed by atoms with E-state index in [-0.39, 0.29) is 5.82 Å². The van der Waals surface area contributed by atoms with Gasteiger partial charge in [0.2, 0.25) is 0 Å². The Bertz CT molecular complexity index is 343. The second-order valence-corrected chi connectivity index (χ2v) is 3.43. The van der Waals surface area contributed by atoms with Crippen LogP contribution in [0.1, 0.15) is 18.1 Å². The van der Waals surface area contributed by atoms with Crippen LogP contribution in [0.2, 0.25) is 0 Å². The summed E-state index contributed by atoms with van der Waals surface area (Å²) in [4.78, 5) is 0. The number of rotatable bonds is 0. The third-order valence-corrected chi connectivity index (χ3v) is 2.40. The van der Waals surface area contributed by atoms with Crippen LogP contribution in [-0.4, -0.2) is 17.8 Å². The lowest BCUT2D eigenvalue weighted by atomic mass is 10.0. The Hall–Kier alpha value is -1.13. The Balaban J connectivity index is 2.44. The van der Waals surface area contributed by atoms with Gasteiger partial charge in [-0.25, -0.2) is 4.39 Å². The first-order valence-electron chi connectivity index (χ1n) is 4.54. The zero-order valence-corrected chi connectivity index (χ0v) is 7.61. The van der Waals surface area contributed by atoms with E-state index in [0.29, 0.717) is 24.3 Å². The van der Waals surface area contributed by atoms with Crippen molar-refractivity contribution in [2.45, 2.75) is 18.6 Å². The molecule has 0 amide bonds. The normalized spacial score (nSPS) is 26.2. The summed E-state index contributed by atoms with van der Waals surface area (Å²) in [5, 5.41) is 9.76. The van der Waals surface area contributed by atoms with Crippen LogP contribution >= 0.6 is 0 Å². The van der Waals surface area contributed by atoms with E-state index < -0.39 is 12.1 Å². The average molecular weight is 197 g/mol. The second-order valence-electron chi connectivity index (χ2n) is 3.43. The topological polar surface area (TPSA) is 55.5 Å². The fourth-order valence-corrected chi connectivity index (χ4v) is 1.58. The van der Waals surface area contributed by atoms with Crippen LogP contribution in [-0.2, 0) is 0 Å². The van der Waals surface area contributed by atoms with Crippen LogP contribution in [0.15, 0.2) is 18.2 Å². The lowest BCUT2D eigenvalue weighted by Crippen LogP contribution is -2.28. The summed E-state index contributed by atoms with van der Waals surface area (Å²) in [5.41, 5.74) is 6.13. The van der Waals surface area contributed by atoms with E-state index >= 15 is 0 Å². The predicted octanol–water partition coefficient (Wildman–Crippen LogP) is 0.969. The standard InChI is InChI=1S/C10H12FNO2/c11-6-1-2-9-7(5-6)10(13)8(12)3-4-14-9/h1-2,5,8,10,13H,3-4,12H2/t8-,10+/m1/s1. The van der Waals surface area contributed by atoms with Gasteiger partial charge in [-0.15, -0.1) is 0 Å². The molecule has 2 rings (SSSR count). The molecular weight excluding hydrogens is 185 g/mol. The molecule has 0 unspecified atom stereocenters. The minimum Gasteiger partial charge on any atom is -0.493 e. The average Bonchev–Trinajstić information content (AvgIpc) is 2.30. The van der Waals surface area contributed by atoms with E-state index in [1.54, 1.807) is 0 Å². The maximum Gasteiger partial charge on any atom is 0.125 e. The van der Waals surface area contributed by atoms with Gasteiger partial charge in [0.1, 0.15) is 11.6 Å². The number of halogens is 1. The van der Waals surface area contributed by atoms with Gasteiger partial charge >= 0.3 is 0 Å². The summed E-state index contributed by atoms with van der Waals surface area (Å²) in [6, 6.07) is 3.71. The molecule has 0 radical (unpaired) electrons. The highest BCUT2D eigenvalue weighted by molar-refractivity contribution is 5.37. The molecule has 14 heavy (non-hydrogen) atoms. The number of ether oxygens (including phenoxy) is 1. The van der Waals surface area contributed by atoms with E-state index in [1.807, 2.05) is 0 Å². The van der Waals surface area contributed by atoms with Crippen LogP contribution in [0.3, 0.4) is 0 Å². The molecule has 1 aromatic rings. The number of nitrogens with two attached hydrogens (primary N) is 1. The number of aliphatic hydroxyl groups excluding tert-OH is 1. The molecule has 4 heteroatoms. The van der Waals surface area contributed by atoms with Crippen LogP contribution in [0.4, 0.5) is 4.39 Å². The predicted molar refractivity (Wildman–Crippen MR) is 49.4 cm³/mol. The highest BCUT2D eigenvalue weighted by Gasteiger charge is 2.24. The first-order chi connectivity index (χ1) is 6.68. The quantitative estimate of drug-likeness (QED) is 0.651. The van der Waals surface area contributed by atoms with Gasteiger partial charge in [-0.2, -0.15) is 0 Å². The van der Waals surface area contributed by atoms with Gasteiger partial charge in [0.05, 0.1) is 12.7 Å². The molecule has 3 nitrogen and oxygen atoms in total. The summed E-state index contributed by atoms with van der Waals surface area (Å²) < 4.78 is 18.3. The second kappa shape index (κ2) is 3.55. The third kappa shape index (κ3) is 1.58. The minimum absolute atomic E-state index is 0.388. The van der Waals surface area contributed by atoms with Gasteiger partial charge in [-0.1, -0.05) is 0 Å². The van der Waals surface area contributed by atoms with E-state index in [0.717, 1.165) is 0 Å². The van der Waals surface area contributed by atoms with Crippen molar-refractivity contribution in [2.24, 2.45) is 5.73 Å². The Labute approximate surface area is 81.3 Å². The first-order valence-corrected chi connectivity index (χ1v) is 4.54. The number of aliphatic hydroxyl groups is 1. The maximum absolute atomic E-state index is 12.9. The van der Waals surface area contributed by atoms with Gasteiger partial charge in [-0.3, -0.25) is 0 Å². The summed E-state index contributed by atoms with van der Waals surface area (Å²) in [6.45, 7) is 0.455. The Morgan fingerprint density at radius 3 is 3.07 bits per heavy atom.